The molecule has 0 saturated heterocycles. The molecule has 8 rings (SSSR count). The molecular weight excluding hydrogens is 408 g/mol. The minimum atomic E-state index is 1.09. The van der Waals surface area contributed by atoms with Crippen LogP contribution in [0.5, 0.6) is 0 Å². The SMILES string of the molecule is C1=CC2=C(C1)CC=C2.C1=Cc2c(ccc3ccccc23)C1.C1=Cc2ccc3ccccc3c2C1. The Bertz CT molecular complexity index is 1520. The van der Waals surface area contributed by atoms with Crippen LogP contribution in [0, 0.1) is 0 Å². The van der Waals surface area contributed by atoms with Gasteiger partial charge < -0.3 is 0 Å². The molecule has 0 bridgehead atoms. The largest absolute Gasteiger partial charge is 0.0798 e. The second-order valence-electron chi connectivity index (χ2n) is 9.20. The molecule has 0 unspecified atom stereocenters. The van der Waals surface area contributed by atoms with E-state index in [1.807, 2.05) is 0 Å². The van der Waals surface area contributed by atoms with Crippen LogP contribution in [-0.4, -0.2) is 0 Å². The van der Waals surface area contributed by atoms with Crippen LogP contribution in [0.3, 0.4) is 0 Å². The van der Waals surface area contributed by atoms with Crippen LogP contribution < -0.4 is 0 Å². The number of rotatable bonds is 0. The lowest BCUT2D eigenvalue weighted by Crippen LogP contribution is -1.83. The highest BCUT2D eigenvalue weighted by Crippen LogP contribution is 2.29. The van der Waals surface area contributed by atoms with Crippen molar-refractivity contribution in [1.29, 1.82) is 0 Å². The summed E-state index contributed by atoms with van der Waals surface area (Å²) in [5, 5.41) is 5.48. The topological polar surface area (TPSA) is 0 Å². The molecule has 0 fully saturated rings. The highest BCUT2D eigenvalue weighted by atomic mass is 14.1. The van der Waals surface area contributed by atoms with E-state index in [-0.39, 0.29) is 0 Å². The van der Waals surface area contributed by atoms with Crippen molar-refractivity contribution in [3.05, 3.63) is 143 Å². The molecule has 0 nitrogen and oxygen atoms in total. The first-order valence-corrected chi connectivity index (χ1v) is 12.3. The third-order valence-corrected chi connectivity index (χ3v) is 7.11. The van der Waals surface area contributed by atoms with Gasteiger partial charge in [-0.15, -0.1) is 0 Å². The van der Waals surface area contributed by atoms with Gasteiger partial charge in [0.2, 0.25) is 0 Å². The third-order valence-electron chi connectivity index (χ3n) is 7.11. The predicted octanol–water partition coefficient (Wildman–Crippen LogP) is 9.02. The van der Waals surface area contributed by atoms with Gasteiger partial charge in [0.1, 0.15) is 0 Å². The van der Waals surface area contributed by atoms with E-state index in [4.69, 9.17) is 0 Å². The minimum absolute atomic E-state index is 1.09. The quantitative estimate of drug-likeness (QED) is 0.258. The van der Waals surface area contributed by atoms with Crippen LogP contribution in [0.2, 0.25) is 0 Å². The molecule has 0 radical (unpaired) electrons. The monoisotopic (exact) mass is 436 g/mol. The van der Waals surface area contributed by atoms with Gasteiger partial charge in [-0.1, -0.05) is 127 Å². The number of benzene rings is 4. The van der Waals surface area contributed by atoms with Gasteiger partial charge >= 0.3 is 0 Å². The predicted molar refractivity (Wildman–Crippen MR) is 148 cm³/mol. The van der Waals surface area contributed by atoms with Crippen molar-refractivity contribution in [2.45, 2.75) is 25.7 Å². The summed E-state index contributed by atoms with van der Waals surface area (Å²) in [6.45, 7) is 0. The van der Waals surface area contributed by atoms with Crippen molar-refractivity contribution in [2.75, 3.05) is 0 Å². The fourth-order valence-corrected chi connectivity index (χ4v) is 5.33. The van der Waals surface area contributed by atoms with Crippen LogP contribution in [-0.2, 0) is 12.8 Å². The van der Waals surface area contributed by atoms with E-state index in [9.17, 15) is 0 Å². The lowest BCUT2D eigenvalue weighted by molar-refractivity contribution is 1.15. The van der Waals surface area contributed by atoms with Gasteiger partial charge in [-0.25, -0.2) is 0 Å². The van der Waals surface area contributed by atoms with Crippen LogP contribution >= 0.6 is 0 Å². The van der Waals surface area contributed by atoms with Crippen molar-refractivity contribution in [1.82, 2.24) is 0 Å². The summed E-state index contributed by atoms with van der Waals surface area (Å²) < 4.78 is 0. The van der Waals surface area contributed by atoms with E-state index in [0.29, 0.717) is 0 Å². The van der Waals surface area contributed by atoms with Crippen LogP contribution in [0.25, 0.3) is 33.7 Å². The number of hydrogen-bond acceptors (Lipinski definition) is 0. The summed E-state index contributed by atoms with van der Waals surface area (Å²) in [6, 6.07) is 26.0. The molecule has 0 N–H and O–H groups in total. The Morgan fingerprint density at radius 3 is 1.91 bits per heavy atom. The van der Waals surface area contributed by atoms with Crippen molar-refractivity contribution in [3.63, 3.8) is 0 Å². The first-order chi connectivity index (χ1) is 16.9. The Morgan fingerprint density at radius 1 is 0.471 bits per heavy atom. The molecule has 0 saturated carbocycles. The summed E-state index contributed by atoms with van der Waals surface area (Å²) in [6.07, 6.45) is 22.4. The van der Waals surface area contributed by atoms with E-state index in [2.05, 4.69) is 121 Å². The van der Waals surface area contributed by atoms with Crippen LogP contribution in [0.4, 0.5) is 0 Å². The van der Waals surface area contributed by atoms with Gasteiger partial charge in [0.15, 0.2) is 0 Å². The van der Waals surface area contributed by atoms with E-state index < -0.39 is 0 Å². The maximum absolute atomic E-state index is 2.23. The molecule has 4 aliphatic carbocycles. The molecule has 164 valence electrons. The summed E-state index contributed by atoms with van der Waals surface area (Å²) in [4.78, 5) is 0. The summed E-state index contributed by atoms with van der Waals surface area (Å²) >= 11 is 0. The molecule has 34 heavy (non-hydrogen) atoms. The van der Waals surface area contributed by atoms with Gasteiger partial charge in [-0.05, 0) is 75.1 Å². The Kier molecular flexibility index (Phi) is 5.57. The second-order valence-corrected chi connectivity index (χ2v) is 9.20. The average Bonchev–Trinajstić information content (AvgIpc) is 3.68. The fraction of sp³-hybridized carbons (Fsp3) is 0.118. The maximum Gasteiger partial charge on any atom is -0.00820 e. The molecule has 0 atom stereocenters. The Morgan fingerprint density at radius 2 is 1.12 bits per heavy atom. The van der Waals surface area contributed by atoms with Gasteiger partial charge in [0.25, 0.3) is 0 Å². The van der Waals surface area contributed by atoms with Gasteiger partial charge in [-0.2, -0.15) is 0 Å². The Hall–Kier alpha value is -3.90. The zero-order valence-electron chi connectivity index (χ0n) is 19.4. The van der Waals surface area contributed by atoms with Crippen molar-refractivity contribution >= 4 is 33.7 Å². The molecular formula is C34H28. The number of hydrogen-bond donors (Lipinski definition) is 0. The molecule has 0 aliphatic heterocycles. The average molecular weight is 437 g/mol. The molecule has 0 amide bonds. The lowest BCUT2D eigenvalue weighted by atomic mass is 10.0. The highest BCUT2D eigenvalue weighted by molar-refractivity contribution is 5.93. The molecule has 4 aromatic rings. The van der Waals surface area contributed by atoms with Gasteiger partial charge in [0.05, 0.1) is 0 Å². The maximum atomic E-state index is 2.23. The molecule has 4 aliphatic rings. The van der Waals surface area contributed by atoms with E-state index in [1.165, 1.54) is 62.2 Å². The Labute approximate surface area is 202 Å². The normalized spacial score (nSPS) is 15.8. The molecule has 0 spiro atoms. The fourth-order valence-electron chi connectivity index (χ4n) is 5.33. The molecule has 0 heteroatoms. The molecule has 0 aromatic heterocycles. The zero-order chi connectivity index (χ0) is 22.7. The number of allylic oxidation sites excluding steroid dienone is 8. The van der Waals surface area contributed by atoms with E-state index in [1.54, 1.807) is 5.57 Å². The zero-order valence-corrected chi connectivity index (χ0v) is 19.4. The Balaban J connectivity index is 0.0000000989. The van der Waals surface area contributed by atoms with Gasteiger partial charge in [0, 0.05) is 0 Å². The first-order valence-electron chi connectivity index (χ1n) is 12.3. The minimum Gasteiger partial charge on any atom is -0.0798 e. The molecule has 0 heterocycles. The first kappa shape index (κ1) is 20.7. The van der Waals surface area contributed by atoms with Crippen molar-refractivity contribution < 1.29 is 0 Å². The van der Waals surface area contributed by atoms with E-state index >= 15 is 0 Å². The smallest absolute Gasteiger partial charge is 0.00820 e. The van der Waals surface area contributed by atoms with Crippen molar-refractivity contribution in [2.24, 2.45) is 0 Å². The van der Waals surface area contributed by atoms with Gasteiger partial charge in [-0.3, -0.25) is 0 Å². The summed E-state index contributed by atoms with van der Waals surface area (Å²) in [5.41, 5.74) is 8.81. The standard InChI is InChI=1S/2C13H10.C8H8/c2*1-2-6-12-10(4-1)8-9-11-5-3-7-13(11)12;1-3-7-5-2-6-8(7)4-1/h1-4,6-9H,5H2;1-6,8-9H,7H2;1-3,5H,4,6H2. The molecule has 4 aromatic carbocycles. The van der Waals surface area contributed by atoms with E-state index in [0.717, 1.165) is 12.8 Å². The summed E-state index contributed by atoms with van der Waals surface area (Å²) in [5.74, 6) is 0. The number of fused-ring (bicyclic) bond motifs is 6. The lowest BCUT2D eigenvalue weighted by Gasteiger charge is -2.03. The van der Waals surface area contributed by atoms with Crippen LogP contribution in [0.1, 0.15) is 35.1 Å². The summed E-state index contributed by atoms with van der Waals surface area (Å²) in [7, 11) is 0. The van der Waals surface area contributed by atoms with Crippen LogP contribution in [0.15, 0.2) is 120 Å². The third kappa shape index (κ3) is 3.97. The van der Waals surface area contributed by atoms with Crippen molar-refractivity contribution in [3.8, 4) is 0 Å². The highest BCUT2D eigenvalue weighted by Gasteiger charge is 2.09. The second kappa shape index (κ2) is 9.15.